The molecule has 6 rings (SSSR count). The van der Waals surface area contributed by atoms with Gasteiger partial charge in [0.1, 0.15) is 11.5 Å². The van der Waals surface area contributed by atoms with E-state index < -0.39 is 20.7 Å². The largest absolute Gasteiger partial charge is 0.497 e. The molecular formula is C45H54O8S2Y2-4. The number of aryl methyl sites for hydroxylation is 3. The van der Waals surface area contributed by atoms with Crippen LogP contribution in [-0.4, -0.2) is 32.7 Å². The van der Waals surface area contributed by atoms with Gasteiger partial charge < -0.3 is 9.47 Å². The van der Waals surface area contributed by atoms with Crippen LogP contribution in [0.3, 0.4) is 0 Å². The maximum Gasteiger partial charge on any atom is 0.425 e. The molecule has 0 fully saturated rings. The zero-order valence-electron chi connectivity index (χ0n) is 29.8. The number of hydrogen-bond donors (Lipinski definition) is 1. The van der Waals surface area contributed by atoms with Crippen LogP contribution in [0, 0.1) is 45.0 Å². The van der Waals surface area contributed by atoms with E-state index in [1.807, 2.05) is 97.1 Å². The third kappa shape index (κ3) is 29.5. The minimum atomic E-state index is -4.06. The Morgan fingerprint density at radius 1 is 0.544 bits per heavy atom. The van der Waals surface area contributed by atoms with E-state index in [1.54, 1.807) is 26.2 Å². The SMILES string of the molecule is C.C.C.C.COc1ccc(Cc2ccc(Oc3cc[c-]cc3)cc2)cc1.Cc1cc[c-]cc1.Cc1cc[c-]cc1.Cc1cc[c-]cc1S(=O)(=O)O.O=S(=O)=O.[Y].[Y]. The monoisotopic (exact) mass is 964 g/mol. The zero-order valence-corrected chi connectivity index (χ0v) is 37.1. The first-order chi connectivity index (χ1) is 24.4. The molecule has 6 aromatic carbocycles. The van der Waals surface area contributed by atoms with Crippen LogP contribution in [0.5, 0.6) is 17.2 Å². The van der Waals surface area contributed by atoms with Gasteiger partial charge in [0.25, 0.3) is 0 Å². The molecule has 0 spiro atoms. The van der Waals surface area contributed by atoms with Crippen LogP contribution in [0.4, 0.5) is 0 Å². The maximum absolute atomic E-state index is 10.6. The summed E-state index contributed by atoms with van der Waals surface area (Å²) in [5, 5.41) is 0. The van der Waals surface area contributed by atoms with Crippen LogP contribution in [0.1, 0.15) is 57.5 Å². The molecule has 0 saturated carbocycles. The van der Waals surface area contributed by atoms with Crippen LogP contribution < -0.4 is 9.47 Å². The van der Waals surface area contributed by atoms with Gasteiger partial charge in [-0.05, 0) is 46.7 Å². The van der Waals surface area contributed by atoms with E-state index in [2.05, 4.69) is 62.4 Å². The average Bonchev–Trinajstić information content (AvgIpc) is 3.11. The van der Waals surface area contributed by atoms with E-state index in [0.29, 0.717) is 5.56 Å². The number of rotatable bonds is 6. The molecule has 0 aromatic heterocycles. The maximum atomic E-state index is 10.6. The Kier molecular flexibility index (Phi) is 39.5. The topological polar surface area (TPSA) is 124 Å². The van der Waals surface area contributed by atoms with Crippen molar-refractivity contribution in [2.45, 2.75) is 61.8 Å². The Morgan fingerprint density at radius 2 is 0.877 bits per heavy atom. The molecule has 6 aromatic rings. The molecule has 0 atom stereocenters. The summed E-state index contributed by atoms with van der Waals surface area (Å²) in [6.45, 7) is 5.73. The molecule has 12 heteroatoms. The van der Waals surface area contributed by atoms with Crippen molar-refractivity contribution in [2.75, 3.05) is 7.11 Å². The molecule has 0 unspecified atom stereocenters. The van der Waals surface area contributed by atoms with Crippen molar-refractivity contribution in [1.82, 2.24) is 0 Å². The van der Waals surface area contributed by atoms with Crippen molar-refractivity contribution in [3.05, 3.63) is 192 Å². The summed E-state index contributed by atoms with van der Waals surface area (Å²) in [5.74, 6) is 2.54. The Balaban J connectivity index is -0.000000219. The molecule has 1 N–H and O–H groups in total. The van der Waals surface area contributed by atoms with Crippen molar-refractivity contribution < 1.29 is 100 Å². The standard InChI is InChI=1S/C20H17O2.C7H7O3S.2C7H7.4CH4.O3S.2Y/c1-21-18-11-7-16(8-12-18)15-17-9-13-20(14-10-17)22-19-5-3-2-4-6-19;1-6-4-2-3-5-7(6)11(8,9)10;2*1-7-5-3-2-4-6-7;;;;;1-4(2)3;;/h3-14H,15H2,1H3;2,4-5H,1H3,(H,8,9,10);2*3-6H,1H3;4*1H4;;;/q4*-1;;;;;;;. The summed E-state index contributed by atoms with van der Waals surface area (Å²) in [7, 11) is -5.50. The van der Waals surface area contributed by atoms with Crippen LogP contribution in [0.25, 0.3) is 0 Å². The van der Waals surface area contributed by atoms with Gasteiger partial charge >= 0.3 is 10.6 Å². The first kappa shape index (κ1) is 62.8. The summed E-state index contributed by atoms with van der Waals surface area (Å²) < 4.78 is 66.1. The molecule has 0 saturated heterocycles. The van der Waals surface area contributed by atoms with Gasteiger partial charge in [0.15, 0.2) is 0 Å². The number of benzene rings is 6. The van der Waals surface area contributed by atoms with Gasteiger partial charge in [0.05, 0.1) is 7.11 Å². The van der Waals surface area contributed by atoms with Crippen molar-refractivity contribution >= 4 is 20.7 Å². The second-order valence-corrected chi connectivity index (χ2v) is 12.3. The fourth-order valence-corrected chi connectivity index (χ4v) is 4.63. The van der Waals surface area contributed by atoms with Gasteiger partial charge in [0.2, 0.25) is 10.1 Å². The van der Waals surface area contributed by atoms with Gasteiger partial charge in [-0.2, -0.15) is 114 Å². The molecule has 8 nitrogen and oxygen atoms in total. The Bertz CT molecular complexity index is 2020. The third-order valence-corrected chi connectivity index (χ3v) is 7.49. The van der Waals surface area contributed by atoms with E-state index in [-0.39, 0.29) is 100 Å². The van der Waals surface area contributed by atoms with Gasteiger partial charge in [-0.25, -0.2) is 8.42 Å². The number of ether oxygens (including phenoxy) is 2. The summed E-state index contributed by atoms with van der Waals surface area (Å²) >= 11 is 0. The summed E-state index contributed by atoms with van der Waals surface area (Å²) in [6.07, 6.45) is 0.893. The Hall–Kier alpha value is -3.34. The fourth-order valence-electron chi connectivity index (χ4n) is 3.94. The molecule has 57 heavy (non-hydrogen) atoms. The minimum absolute atomic E-state index is 0. The molecule has 0 heterocycles. The van der Waals surface area contributed by atoms with Gasteiger partial charge in [-0.15, -0.1) is 30.3 Å². The summed E-state index contributed by atoms with van der Waals surface area (Å²) in [5.41, 5.74) is 5.61. The van der Waals surface area contributed by atoms with Crippen molar-refractivity contribution in [3.63, 3.8) is 0 Å². The molecular weight excluding hydrogens is 910 g/mol. The summed E-state index contributed by atoms with van der Waals surface area (Å²) in [4.78, 5) is -0.0833. The first-order valence-electron chi connectivity index (χ1n) is 15.3. The molecule has 0 bridgehead atoms. The van der Waals surface area contributed by atoms with Crippen molar-refractivity contribution in [2.24, 2.45) is 0 Å². The predicted octanol–water partition coefficient (Wildman–Crippen LogP) is 11.0. The smallest absolute Gasteiger partial charge is 0.425 e. The molecule has 0 amide bonds. The summed E-state index contributed by atoms with van der Waals surface area (Å²) in [6, 6.07) is 55.4. The van der Waals surface area contributed by atoms with Crippen molar-refractivity contribution in [1.29, 1.82) is 0 Å². The second kappa shape index (κ2) is 35.8. The fraction of sp³-hybridized carbons (Fsp3) is 0.200. The minimum Gasteiger partial charge on any atom is -0.497 e. The van der Waals surface area contributed by atoms with E-state index in [0.717, 1.165) is 23.7 Å². The van der Waals surface area contributed by atoms with Gasteiger partial charge in [-0.1, -0.05) is 74.7 Å². The van der Waals surface area contributed by atoms with Gasteiger partial charge in [0, 0.05) is 71.2 Å². The Morgan fingerprint density at radius 3 is 1.18 bits per heavy atom. The zero-order chi connectivity index (χ0) is 37.5. The quantitative estimate of drug-likeness (QED) is 0.129. The average molecular weight is 965 g/mol. The molecule has 304 valence electrons. The number of methoxy groups -OCH3 is 1. The Labute approximate surface area is 395 Å². The molecule has 0 aliphatic carbocycles. The molecule has 2 radical (unpaired) electrons. The number of hydrogen-bond acceptors (Lipinski definition) is 7. The normalized spacial score (nSPS) is 8.72. The predicted molar refractivity (Wildman–Crippen MR) is 224 cm³/mol. The molecule has 0 aliphatic rings. The van der Waals surface area contributed by atoms with Crippen molar-refractivity contribution in [3.8, 4) is 17.2 Å². The first-order valence-corrected chi connectivity index (χ1v) is 17.7. The molecule has 0 aliphatic heterocycles. The van der Waals surface area contributed by atoms with Crippen LogP contribution in [-0.2, 0) is 92.6 Å². The van der Waals surface area contributed by atoms with Crippen LogP contribution in [0.15, 0.2) is 144 Å². The van der Waals surface area contributed by atoms with Gasteiger partial charge in [-0.3, -0.25) is 4.55 Å². The van der Waals surface area contributed by atoms with Crippen LogP contribution >= 0.6 is 0 Å². The van der Waals surface area contributed by atoms with E-state index >= 15 is 0 Å². The van der Waals surface area contributed by atoms with E-state index in [9.17, 15) is 8.42 Å². The van der Waals surface area contributed by atoms with E-state index in [4.69, 9.17) is 26.7 Å². The van der Waals surface area contributed by atoms with Crippen LogP contribution in [0.2, 0.25) is 0 Å². The van der Waals surface area contributed by atoms with E-state index in [1.165, 1.54) is 28.3 Å². The third-order valence-electron chi connectivity index (χ3n) is 6.49. The second-order valence-electron chi connectivity index (χ2n) is 10.5.